The highest BCUT2D eigenvalue weighted by atomic mass is 32.2. The Labute approximate surface area is 157 Å². The molecule has 1 amide bonds. The summed E-state index contributed by atoms with van der Waals surface area (Å²) in [5.41, 5.74) is 0.576. The normalized spacial score (nSPS) is 12.9. The van der Waals surface area contributed by atoms with Crippen molar-refractivity contribution in [1.29, 1.82) is 0 Å². The van der Waals surface area contributed by atoms with Gasteiger partial charge in [0.1, 0.15) is 16.5 Å². The third-order valence-corrected chi connectivity index (χ3v) is 5.83. The van der Waals surface area contributed by atoms with Crippen LogP contribution >= 0.6 is 0 Å². The Morgan fingerprint density at radius 1 is 1.00 bits per heavy atom. The molecule has 0 fully saturated rings. The summed E-state index contributed by atoms with van der Waals surface area (Å²) in [6.45, 7) is 6.91. The topological polar surface area (TPSA) is 75.3 Å². The minimum atomic E-state index is -4.14. The molecule has 0 saturated heterocycles. The van der Waals surface area contributed by atoms with Crippen molar-refractivity contribution in [2.75, 3.05) is 5.32 Å². The predicted molar refractivity (Wildman–Crippen MR) is 100 cm³/mol. The second kappa shape index (κ2) is 8.14. The molecule has 2 aromatic carbocycles. The Kier molecular flexibility index (Phi) is 6.33. The zero-order valence-electron chi connectivity index (χ0n) is 15.5. The molecule has 0 aromatic heterocycles. The first-order valence-electron chi connectivity index (χ1n) is 8.40. The fraction of sp³-hybridized carbons (Fsp3) is 0.316. The highest BCUT2D eigenvalue weighted by Crippen LogP contribution is 2.20. The molecule has 0 bridgehead atoms. The number of sulfonamides is 1. The van der Waals surface area contributed by atoms with Crippen molar-refractivity contribution >= 4 is 21.6 Å². The van der Waals surface area contributed by atoms with Gasteiger partial charge in [-0.25, -0.2) is 21.9 Å². The molecule has 0 aliphatic carbocycles. The first-order chi connectivity index (χ1) is 12.5. The molecule has 0 radical (unpaired) electrons. The van der Waals surface area contributed by atoms with E-state index in [0.29, 0.717) is 5.56 Å². The van der Waals surface area contributed by atoms with Gasteiger partial charge in [0.15, 0.2) is 0 Å². The summed E-state index contributed by atoms with van der Waals surface area (Å²) >= 11 is 0. The molecule has 1 atom stereocenters. The smallest absolute Gasteiger partial charge is 0.255 e. The molecule has 2 aromatic rings. The molecule has 0 aliphatic rings. The first kappa shape index (κ1) is 21.0. The van der Waals surface area contributed by atoms with Crippen molar-refractivity contribution in [3.05, 3.63) is 59.2 Å². The zero-order chi connectivity index (χ0) is 20.4. The quantitative estimate of drug-likeness (QED) is 0.779. The Balaban J connectivity index is 2.30. The summed E-state index contributed by atoms with van der Waals surface area (Å²) in [6, 6.07) is 6.80. The number of carbonyl (C=O) groups excluding carboxylic acids is 1. The number of anilines is 1. The molecule has 2 rings (SSSR count). The van der Waals surface area contributed by atoms with Crippen molar-refractivity contribution in [3.63, 3.8) is 0 Å². The maximum absolute atomic E-state index is 14.1. The summed E-state index contributed by atoms with van der Waals surface area (Å²) < 4.78 is 55.0. The summed E-state index contributed by atoms with van der Waals surface area (Å²) in [5.74, 6) is -2.12. The van der Waals surface area contributed by atoms with Crippen LogP contribution in [0.15, 0.2) is 41.3 Å². The number of hydrogen-bond donors (Lipinski definition) is 2. The summed E-state index contributed by atoms with van der Waals surface area (Å²) in [5, 5.41) is 2.47. The van der Waals surface area contributed by atoms with Crippen molar-refractivity contribution < 1.29 is 22.0 Å². The Morgan fingerprint density at radius 3 is 2.26 bits per heavy atom. The Morgan fingerprint density at radius 2 is 1.67 bits per heavy atom. The third-order valence-electron chi connectivity index (χ3n) is 4.25. The SMILES string of the molecule is Cc1ccc(NC(=O)c2ccc(F)c(S(=O)(=O)N[C@H](C)C(C)C)c2)cc1F. The summed E-state index contributed by atoms with van der Waals surface area (Å²) in [4.78, 5) is 11.7. The third kappa shape index (κ3) is 5.11. The average Bonchev–Trinajstić information content (AvgIpc) is 2.57. The van der Waals surface area contributed by atoms with Crippen molar-refractivity contribution in [2.24, 2.45) is 5.92 Å². The minimum absolute atomic E-state index is 0.00533. The molecule has 0 heterocycles. The van der Waals surface area contributed by atoms with Crippen LogP contribution in [-0.2, 0) is 10.0 Å². The van der Waals surface area contributed by atoms with E-state index >= 15 is 0 Å². The molecule has 146 valence electrons. The Hall–Kier alpha value is -2.32. The maximum Gasteiger partial charge on any atom is 0.255 e. The van der Waals surface area contributed by atoms with Crippen LogP contribution < -0.4 is 10.0 Å². The van der Waals surface area contributed by atoms with Gasteiger partial charge in [0, 0.05) is 17.3 Å². The molecule has 2 N–H and O–H groups in total. The van der Waals surface area contributed by atoms with Crippen molar-refractivity contribution in [3.8, 4) is 0 Å². The van der Waals surface area contributed by atoms with E-state index in [-0.39, 0.29) is 17.2 Å². The van der Waals surface area contributed by atoms with E-state index in [1.54, 1.807) is 13.8 Å². The van der Waals surface area contributed by atoms with E-state index in [0.717, 1.165) is 18.2 Å². The van der Waals surface area contributed by atoms with Crippen molar-refractivity contribution in [1.82, 2.24) is 4.72 Å². The van der Waals surface area contributed by atoms with Crippen molar-refractivity contribution in [2.45, 2.75) is 38.6 Å². The van der Waals surface area contributed by atoms with Crippen LogP contribution in [0.5, 0.6) is 0 Å². The lowest BCUT2D eigenvalue weighted by atomic mass is 10.1. The van der Waals surface area contributed by atoms with Gasteiger partial charge in [-0.05, 0) is 55.7 Å². The minimum Gasteiger partial charge on any atom is -0.322 e. The maximum atomic E-state index is 14.1. The second-order valence-electron chi connectivity index (χ2n) is 6.72. The number of amides is 1. The molecule has 0 spiro atoms. The van der Waals surface area contributed by atoms with Gasteiger partial charge in [-0.2, -0.15) is 0 Å². The van der Waals surface area contributed by atoms with Crippen LogP contribution in [0, 0.1) is 24.5 Å². The van der Waals surface area contributed by atoms with Gasteiger partial charge in [0.05, 0.1) is 0 Å². The van der Waals surface area contributed by atoms with E-state index in [1.165, 1.54) is 18.2 Å². The van der Waals surface area contributed by atoms with Gasteiger partial charge in [-0.15, -0.1) is 0 Å². The second-order valence-corrected chi connectivity index (χ2v) is 8.40. The highest BCUT2D eigenvalue weighted by molar-refractivity contribution is 7.89. The highest BCUT2D eigenvalue weighted by Gasteiger charge is 2.24. The van der Waals surface area contributed by atoms with Crippen LogP contribution in [0.25, 0.3) is 0 Å². The molecule has 0 saturated carbocycles. The van der Waals surface area contributed by atoms with E-state index in [1.807, 2.05) is 13.8 Å². The summed E-state index contributed by atoms with van der Waals surface area (Å²) in [7, 11) is -4.14. The molecule has 8 heteroatoms. The number of benzene rings is 2. The predicted octanol–water partition coefficient (Wildman–Crippen LogP) is 3.85. The molecule has 0 unspecified atom stereocenters. The van der Waals surface area contributed by atoms with Gasteiger partial charge >= 0.3 is 0 Å². The lowest BCUT2D eigenvalue weighted by Crippen LogP contribution is -2.36. The van der Waals surface area contributed by atoms with Gasteiger partial charge in [-0.3, -0.25) is 4.79 Å². The summed E-state index contributed by atoms with van der Waals surface area (Å²) in [6.07, 6.45) is 0. The van der Waals surface area contributed by atoms with E-state index in [4.69, 9.17) is 0 Å². The lowest BCUT2D eigenvalue weighted by molar-refractivity contribution is 0.102. The van der Waals surface area contributed by atoms with Crippen LogP contribution in [-0.4, -0.2) is 20.4 Å². The standard InChI is InChI=1S/C19H22F2N2O3S/c1-11(2)13(4)23-27(25,26)18-9-14(6-8-16(18)20)19(24)22-15-7-5-12(3)17(21)10-15/h5-11,13,23H,1-4H3,(H,22,24)/t13-/m1/s1. The van der Waals surface area contributed by atoms with Gasteiger partial charge < -0.3 is 5.32 Å². The lowest BCUT2D eigenvalue weighted by Gasteiger charge is -2.18. The fourth-order valence-electron chi connectivity index (χ4n) is 2.17. The molecular weight excluding hydrogens is 374 g/mol. The van der Waals surface area contributed by atoms with Crippen LogP contribution in [0.1, 0.15) is 36.7 Å². The number of nitrogens with one attached hydrogen (secondary N) is 2. The number of rotatable bonds is 6. The van der Waals surface area contributed by atoms with E-state index in [2.05, 4.69) is 10.0 Å². The van der Waals surface area contributed by atoms with Gasteiger partial charge in [0.2, 0.25) is 10.0 Å². The first-order valence-corrected chi connectivity index (χ1v) is 9.89. The number of carbonyl (C=O) groups is 1. The van der Waals surface area contributed by atoms with Gasteiger partial charge in [-0.1, -0.05) is 19.9 Å². The molecule has 27 heavy (non-hydrogen) atoms. The number of halogens is 2. The van der Waals surface area contributed by atoms with Crippen LogP contribution in [0.2, 0.25) is 0 Å². The Bertz CT molecular complexity index is 959. The van der Waals surface area contributed by atoms with Crippen LogP contribution in [0.3, 0.4) is 0 Å². The number of hydrogen-bond acceptors (Lipinski definition) is 3. The largest absolute Gasteiger partial charge is 0.322 e. The monoisotopic (exact) mass is 396 g/mol. The average molecular weight is 396 g/mol. The van der Waals surface area contributed by atoms with Crippen LogP contribution in [0.4, 0.5) is 14.5 Å². The number of aryl methyl sites for hydroxylation is 1. The molecule has 0 aliphatic heterocycles. The molecule has 5 nitrogen and oxygen atoms in total. The zero-order valence-corrected chi connectivity index (χ0v) is 16.3. The van der Waals surface area contributed by atoms with E-state index < -0.39 is 38.5 Å². The van der Waals surface area contributed by atoms with Gasteiger partial charge in [0.25, 0.3) is 5.91 Å². The fourth-order valence-corrected chi connectivity index (χ4v) is 3.66. The van der Waals surface area contributed by atoms with E-state index in [9.17, 15) is 22.0 Å². The molecular formula is C19H22F2N2O3S.